The van der Waals surface area contributed by atoms with Crippen LogP contribution in [0, 0.1) is 20.8 Å². The number of hydrogen-bond donors (Lipinski definition) is 0. The van der Waals surface area contributed by atoms with E-state index in [1.807, 2.05) is 11.5 Å². The lowest BCUT2D eigenvalue weighted by molar-refractivity contribution is 0.726. The van der Waals surface area contributed by atoms with Gasteiger partial charge in [0.1, 0.15) is 10.7 Å². The lowest BCUT2D eigenvalue weighted by Crippen LogP contribution is -2.20. The first-order valence-corrected chi connectivity index (χ1v) is 8.96. The molecule has 0 aromatic carbocycles. The Bertz CT molecular complexity index is 988. The molecule has 4 heterocycles. The molecule has 0 fully saturated rings. The Morgan fingerprint density at radius 1 is 1.23 bits per heavy atom. The van der Waals surface area contributed by atoms with Gasteiger partial charge in [0, 0.05) is 21.2 Å². The third-order valence-electron chi connectivity index (χ3n) is 4.26. The summed E-state index contributed by atoms with van der Waals surface area (Å²) in [6, 6.07) is 4.26. The second-order valence-electron chi connectivity index (χ2n) is 5.72. The summed E-state index contributed by atoms with van der Waals surface area (Å²) in [6.07, 6.45) is 3.07. The average Bonchev–Trinajstić information content (AvgIpc) is 3.13. The molecule has 0 spiro atoms. The number of rotatable bonds is 1. The fourth-order valence-corrected chi connectivity index (χ4v) is 4.83. The van der Waals surface area contributed by atoms with Gasteiger partial charge < -0.3 is 0 Å². The zero-order valence-corrected chi connectivity index (χ0v) is 14.4. The predicted molar refractivity (Wildman–Crippen MR) is 94.9 cm³/mol. The van der Waals surface area contributed by atoms with E-state index in [2.05, 4.69) is 32.1 Å². The molecule has 0 amide bonds. The van der Waals surface area contributed by atoms with Crippen molar-refractivity contribution in [3.63, 3.8) is 0 Å². The highest BCUT2D eigenvalue weighted by atomic mass is 32.1. The molecule has 0 radical (unpaired) electrons. The van der Waals surface area contributed by atoms with Crippen LogP contribution >= 0.6 is 22.7 Å². The van der Waals surface area contributed by atoms with Gasteiger partial charge in [-0.2, -0.15) is 0 Å². The van der Waals surface area contributed by atoms with E-state index in [-0.39, 0.29) is 5.56 Å². The molecule has 112 valence electrons. The summed E-state index contributed by atoms with van der Waals surface area (Å²) < 4.78 is 1.84. The third kappa shape index (κ3) is 2.00. The van der Waals surface area contributed by atoms with Gasteiger partial charge in [-0.1, -0.05) is 0 Å². The highest BCUT2D eigenvalue weighted by Crippen LogP contribution is 2.32. The summed E-state index contributed by atoms with van der Waals surface area (Å²) in [5.74, 6) is 0.852. The fourth-order valence-electron chi connectivity index (χ4n) is 2.96. The Morgan fingerprint density at radius 3 is 2.77 bits per heavy atom. The van der Waals surface area contributed by atoms with E-state index in [0.29, 0.717) is 0 Å². The largest absolute Gasteiger partial charge is 0.292 e. The standard InChI is InChI=1S/C17H16N2OS2/c1-9-4-5-13(21-9)8-12-6-7-19-15(12)18-16-14(17(19)20)10(2)11(3)22-16/h4-5,8H,6-7H2,1-3H3/b12-8-. The predicted octanol–water partition coefficient (Wildman–Crippen LogP) is 4.39. The van der Waals surface area contributed by atoms with Gasteiger partial charge in [0.15, 0.2) is 0 Å². The molecule has 3 nitrogen and oxygen atoms in total. The molecular weight excluding hydrogens is 312 g/mol. The maximum absolute atomic E-state index is 12.8. The normalized spacial score (nSPS) is 15.9. The molecular formula is C17H16N2OS2. The van der Waals surface area contributed by atoms with Gasteiger partial charge in [-0.3, -0.25) is 9.36 Å². The minimum Gasteiger partial charge on any atom is -0.292 e. The van der Waals surface area contributed by atoms with Gasteiger partial charge in [-0.05, 0) is 56.5 Å². The SMILES string of the molecule is Cc1ccc(/C=C2/CCn3c2nc2sc(C)c(C)c2c3=O)s1. The van der Waals surface area contributed by atoms with Crippen molar-refractivity contribution in [2.45, 2.75) is 33.7 Å². The topological polar surface area (TPSA) is 34.9 Å². The fraction of sp³-hybridized carbons (Fsp3) is 0.294. The first-order chi connectivity index (χ1) is 10.5. The number of fused-ring (bicyclic) bond motifs is 2. The van der Waals surface area contributed by atoms with Gasteiger partial charge >= 0.3 is 0 Å². The summed E-state index contributed by atoms with van der Waals surface area (Å²) in [5.41, 5.74) is 2.37. The molecule has 0 saturated heterocycles. The van der Waals surface area contributed by atoms with Crippen molar-refractivity contribution >= 4 is 44.5 Å². The number of aromatic nitrogens is 2. The molecule has 0 N–H and O–H groups in total. The van der Waals surface area contributed by atoms with E-state index in [9.17, 15) is 4.79 Å². The van der Waals surface area contributed by atoms with Crippen LogP contribution in [0.1, 0.15) is 32.4 Å². The quantitative estimate of drug-likeness (QED) is 0.664. The van der Waals surface area contributed by atoms with Crippen molar-refractivity contribution in [1.82, 2.24) is 9.55 Å². The molecule has 0 saturated carbocycles. The zero-order chi connectivity index (χ0) is 15.4. The number of aryl methyl sites for hydroxylation is 3. The summed E-state index contributed by atoms with van der Waals surface area (Å²) in [6.45, 7) is 6.92. The van der Waals surface area contributed by atoms with E-state index >= 15 is 0 Å². The van der Waals surface area contributed by atoms with E-state index in [0.717, 1.165) is 34.6 Å². The molecule has 22 heavy (non-hydrogen) atoms. The van der Waals surface area contributed by atoms with Crippen LogP contribution in [-0.4, -0.2) is 9.55 Å². The maximum atomic E-state index is 12.8. The van der Waals surface area contributed by atoms with E-state index in [1.54, 1.807) is 22.7 Å². The summed E-state index contributed by atoms with van der Waals surface area (Å²) in [4.78, 5) is 22.2. The first-order valence-electron chi connectivity index (χ1n) is 7.32. The van der Waals surface area contributed by atoms with Crippen LogP contribution in [0.25, 0.3) is 21.9 Å². The van der Waals surface area contributed by atoms with Gasteiger partial charge in [0.25, 0.3) is 5.56 Å². The number of thiophene rings is 2. The van der Waals surface area contributed by atoms with E-state index < -0.39 is 0 Å². The van der Waals surface area contributed by atoms with Gasteiger partial charge in [0.2, 0.25) is 0 Å². The first kappa shape index (κ1) is 13.9. The van der Waals surface area contributed by atoms with Crippen molar-refractivity contribution in [3.8, 4) is 0 Å². The zero-order valence-electron chi connectivity index (χ0n) is 12.8. The minimum atomic E-state index is 0.118. The van der Waals surface area contributed by atoms with E-state index in [4.69, 9.17) is 4.98 Å². The van der Waals surface area contributed by atoms with Crippen molar-refractivity contribution in [1.29, 1.82) is 0 Å². The van der Waals surface area contributed by atoms with Crippen LogP contribution in [0.3, 0.4) is 0 Å². The smallest absolute Gasteiger partial charge is 0.262 e. The monoisotopic (exact) mass is 328 g/mol. The van der Waals surface area contributed by atoms with Gasteiger partial charge in [-0.15, -0.1) is 22.7 Å². The summed E-state index contributed by atoms with van der Waals surface area (Å²) in [7, 11) is 0. The Morgan fingerprint density at radius 2 is 2.05 bits per heavy atom. The molecule has 0 unspecified atom stereocenters. The van der Waals surface area contributed by atoms with Crippen molar-refractivity contribution in [2.75, 3.05) is 0 Å². The second kappa shape index (κ2) is 4.89. The molecule has 3 aromatic heterocycles. The van der Waals surface area contributed by atoms with Crippen molar-refractivity contribution < 1.29 is 0 Å². The van der Waals surface area contributed by atoms with Crippen molar-refractivity contribution in [2.24, 2.45) is 0 Å². The Labute approximate surface area is 136 Å². The Balaban J connectivity index is 1.94. The lowest BCUT2D eigenvalue weighted by atomic mass is 10.2. The molecule has 3 aromatic rings. The number of nitrogens with zero attached hydrogens (tertiary/aromatic N) is 2. The molecule has 1 aliphatic heterocycles. The minimum absolute atomic E-state index is 0.118. The van der Waals surface area contributed by atoms with Gasteiger partial charge in [0.05, 0.1) is 5.39 Å². The van der Waals surface area contributed by atoms with Crippen LogP contribution in [0.2, 0.25) is 0 Å². The molecule has 0 atom stereocenters. The van der Waals surface area contributed by atoms with Crippen LogP contribution in [-0.2, 0) is 6.54 Å². The second-order valence-corrected chi connectivity index (χ2v) is 8.25. The average molecular weight is 328 g/mol. The molecule has 0 aliphatic carbocycles. The Hall–Kier alpha value is -1.72. The van der Waals surface area contributed by atoms with Crippen molar-refractivity contribution in [3.05, 3.63) is 48.5 Å². The summed E-state index contributed by atoms with van der Waals surface area (Å²) in [5, 5.41) is 0.805. The van der Waals surface area contributed by atoms with Crippen LogP contribution in [0.15, 0.2) is 16.9 Å². The van der Waals surface area contributed by atoms with Crippen LogP contribution in [0.5, 0.6) is 0 Å². The molecule has 0 bridgehead atoms. The van der Waals surface area contributed by atoms with Crippen LogP contribution < -0.4 is 5.56 Å². The van der Waals surface area contributed by atoms with Crippen LogP contribution in [0.4, 0.5) is 0 Å². The molecule has 1 aliphatic rings. The highest BCUT2D eigenvalue weighted by Gasteiger charge is 2.23. The van der Waals surface area contributed by atoms with E-state index in [1.165, 1.54) is 20.2 Å². The highest BCUT2D eigenvalue weighted by molar-refractivity contribution is 7.18. The lowest BCUT2D eigenvalue weighted by Gasteiger charge is -2.03. The number of allylic oxidation sites excluding steroid dienone is 1. The molecule has 4 rings (SSSR count). The maximum Gasteiger partial charge on any atom is 0.262 e. The summed E-state index contributed by atoms with van der Waals surface area (Å²) >= 11 is 3.40. The Kier molecular flexibility index (Phi) is 3.09. The third-order valence-corrected chi connectivity index (χ3v) is 6.31. The van der Waals surface area contributed by atoms with Gasteiger partial charge in [-0.25, -0.2) is 4.98 Å². The molecule has 5 heteroatoms. The number of hydrogen-bond acceptors (Lipinski definition) is 4.